The molecule has 0 aromatic carbocycles. The van der Waals surface area contributed by atoms with E-state index in [1.165, 1.54) is 11.4 Å². The van der Waals surface area contributed by atoms with Crippen LogP contribution in [-0.2, 0) is 19.6 Å². The van der Waals surface area contributed by atoms with Gasteiger partial charge in [-0.2, -0.15) is 4.72 Å². The average molecular weight is 279 g/mol. The van der Waals surface area contributed by atoms with E-state index in [9.17, 15) is 18.0 Å². The first kappa shape index (κ1) is 13.6. The molecule has 1 aromatic rings. The number of hydrogen-bond acceptors (Lipinski definition) is 6. The molecule has 1 rings (SSSR count). The topological polar surface area (TPSA) is 110 Å². The number of carboxylic acids is 1. The van der Waals surface area contributed by atoms with Crippen LogP contribution < -0.4 is 4.72 Å². The van der Waals surface area contributed by atoms with E-state index in [0.29, 0.717) is 0 Å². The molecule has 0 unspecified atom stereocenters. The first-order chi connectivity index (χ1) is 7.88. The molecule has 0 saturated carbocycles. The van der Waals surface area contributed by atoms with Crippen molar-refractivity contribution in [3.8, 4) is 0 Å². The van der Waals surface area contributed by atoms with Crippen molar-refractivity contribution in [2.45, 2.75) is 4.90 Å². The van der Waals surface area contributed by atoms with Crippen LogP contribution >= 0.6 is 11.3 Å². The lowest BCUT2D eigenvalue weighted by Gasteiger charge is -2.04. The van der Waals surface area contributed by atoms with E-state index in [1.54, 1.807) is 0 Å². The van der Waals surface area contributed by atoms with Crippen molar-refractivity contribution < 1.29 is 27.9 Å². The first-order valence-corrected chi connectivity index (χ1v) is 6.62. The molecule has 0 atom stereocenters. The lowest BCUT2D eigenvalue weighted by Crippen LogP contribution is -2.30. The molecule has 0 bridgehead atoms. The summed E-state index contributed by atoms with van der Waals surface area (Å²) in [6, 6.07) is 1.21. The van der Waals surface area contributed by atoms with Crippen LogP contribution in [0.2, 0.25) is 0 Å². The zero-order valence-corrected chi connectivity index (χ0v) is 10.3. The Morgan fingerprint density at radius 3 is 2.71 bits per heavy atom. The molecule has 0 aliphatic rings. The third-order valence-corrected chi connectivity index (χ3v) is 4.17. The highest BCUT2D eigenvalue weighted by Gasteiger charge is 2.24. The minimum absolute atomic E-state index is 0.0922. The molecule has 0 amide bonds. The second kappa shape index (κ2) is 5.25. The molecule has 0 aliphatic heterocycles. The fourth-order valence-electron chi connectivity index (χ4n) is 0.985. The SMILES string of the molecule is COC(=O)c1sccc1S(=O)(=O)NCC(=O)O. The Labute approximate surface area is 101 Å². The fourth-order valence-corrected chi connectivity index (χ4v) is 3.29. The molecule has 0 aliphatic carbocycles. The van der Waals surface area contributed by atoms with Crippen LogP contribution in [0.15, 0.2) is 16.3 Å². The third kappa shape index (κ3) is 3.25. The maximum absolute atomic E-state index is 11.7. The highest BCUT2D eigenvalue weighted by molar-refractivity contribution is 7.89. The average Bonchev–Trinajstić information content (AvgIpc) is 2.75. The maximum atomic E-state index is 11.7. The van der Waals surface area contributed by atoms with E-state index in [4.69, 9.17) is 5.11 Å². The maximum Gasteiger partial charge on any atom is 0.349 e. The summed E-state index contributed by atoms with van der Waals surface area (Å²) in [4.78, 5) is 21.2. The van der Waals surface area contributed by atoms with E-state index in [0.717, 1.165) is 18.4 Å². The minimum atomic E-state index is -4.02. The van der Waals surface area contributed by atoms with Gasteiger partial charge in [0, 0.05) is 0 Å². The lowest BCUT2D eigenvalue weighted by molar-refractivity contribution is -0.135. The van der Waals surface area contributed by atoms with Gasteiger partial charge in [0.2, 0.25) is 10.0 Å². The molecular weight excluding hydrogens is 270 g/mol. The number of carbonyl (C=O) groups excluding carboxylic acids is 1. The van der Waals surface area contributed by atoms with Gasteiger partial charge in [0.25, 0.3) is 0 Å². The van der Waals surface area contributed by atoms with E-state index in [-0.39, 0.29) is 9.77 Å². The molecule has 0 saturated heterocycles. The smallest absolute Gasteiger partial charge is 0.349 e. The highest BCUT2D eigenvalue weighted by Crippen LogP contribution is 2.22. The number of carboxylic acid groups (broad SMARTS) is 1. The summed E-state index contributed by atoms with van der Waals surface area (Å²) in [5.74, 6) is -2.10. The summed E-state index contributed by atoms with van der Waals surface area (Å²) in [6.07, 6.45) is 0. The number of esters is 1. The Bertz CT molecular complexity index is 532. The molecule has 0 spiro atoms. The predicted octanol–water partition coefficient (Wildman–Crippen LogP) is -0.102. The van der Waals surface area contributed by atoms with Gasteiger partial charge in [0.05, 0.1) is 7.11 Å². The fraction of sp³-hybridized carbons (Fsp3) is 0.250. The predicted molar refractivity (Wildman–Crippen MR) is 58.5 cm³/mol. The molecule has 2 N–H and O–H groups in total. The monoisotopic (exact) mass is 279 g/mol. The number of carbonyl (C=O) groups is 2. The Morgan fingerprint density at radius 2 is 2.18 bits per heavy atom. The normalized spacial score (nSPS) is 11.1. The van der Waals surface area contributed by atoms with Gasteiger partial charge in [-0.1, -0.05) is 0 Å². The molecule has 17 heavy (non-hydrogen) atoms. The lowest BCUT2D eigenvalue weighted by atomic mass is 10.5. The van der Waals surface area contributed by atoms with Gasteiger partial charge >= 0.3 is 11.9 Å². The quantitative estimate of drug-likeness (QED) is 0.728. The number of thiophene rings is 1. The van der Waals surface area contributed by atoms with E-state index >= 15 is 0 Å². The van der Waals surface area contributed by atoms with Gasteiger partial charge in [-0.15, -0.1) is 11.3 Å². The largest absolute Gasteiger partial charge is 0.480 e. The van der Waals surface area contributed by atoms with E-state index in [1.807, 2.05) is 4.72 Å². The Hall–Kier alpha value is -1.45. The second-order valence-electron chi connectivity index (χ2n) is 2.82. The zero-order valence-electron chi connectivity index (χ0n) is 8.67. The summed E-state index contributed by atoms with van der Waals surface area (Å²) >= 11 is 0.902. The molecule has 0 fully saturated rings. The number of ether oxygens (including phenoxy) is 1. The van der Waals surface area contributed by atoms with Crippen molar-refractivity contribution >= 4 is 33.3 Å². The Balaban J connectivity index is 3.03. The second-order valence-corrected chi connectivity index (χ2v) is 5.48. The Kier molecular flexibility index (Phi) is 4.21. The molecule has 1 heterocycles. The molecule has 9 heteroatoms. The van der Waals surface area contributed by atoms with Crippen molar-refractivity contribution in [1.82, 2.24) is 4.72 Å². The zero-order chi connectivity index (χ0) is 13.1. The number of aliphatic carboxylic acids is 1. The third-order valence-electron chi connectivity index (χ3n) is 1.70. The van der Waals surface area contributed by atoms with Crippen LogP contribution in [-0.4, -0.2) is 39.1 Å². The van der Waals surface area contributed by atoms with Crippen LogP contribution in [0.3, 0.4) is 0 Å². The van der Waals surface area contributed by atoms with Crippen LogP contribution in [0.1, 0.15) is 9.67 Å². The number of hydrogen-bond donors (Lipinski definition) is 2. The highest BCUT2D eigenvalue weighted by atomic mass is 32.2. The summed E-state index contributed by atoms with van der Waals surface area (Å²) in [6.45, 7) is -0.751. The van der Waals surface area contributed by atoms with E-state index < -0.39 is 28.5 Å². The van der Waals surface area contributed by atoms with Gasteiger partial charge in [-0.25, -0.2) is 13.2 Å². The molecule has 94 valence electrons. The number of methoxy groups -OCH3 is 1. The number of nitrogens with one attached hydrogen (secondary N) is 1. The minimum Gasteiger partial charge on any atom is -0.480 e. The van der Waals surface area contributed by atoms with Crippen molar-refractivity contribution in [1.29, 1.82) is 0 Å². The standard InChI is InChI=1S/C8H9NO6S2/c1-15-8(12)7-5(2-3-16-7)17(13,14)9-4-6(10)11/h2-3,9H,4H2,1H3,(H,10,11). The number of rotatable bonds is 5. The van der Waals surface area contributed by atoms with Crippen LogP contribution in [0.25, 0.3) is 0 Å². The van der Waals surface area contributed by atoms with Crippen LogP contribution in [0, 0.1) is 0 Å². The summed E-state index contributed by atoms with van der Waals surface area (Å²) in [7, 11) is -2.89. The van der Waals surface area contributed by atoms with Gasteiger partial charge in [0.1, 0.15) is 16.3 Å². The van der Waals surface area contributed by atoms with Gasteiger partial charge in [-0.05, 0) is 11.4 Å². The molecule has 1 aromatic heterocycles. The molecule has 0 radical (unpaired) electrons. The van der Waals surface area contributed by atoms with Crippen molar-refractivity contribution in [2.75, 3.05) is 13.7 Å². The first-order valence-electron chi connectivity index (χ1n) is 4.25. The summed E-state index contributed by atoms with van der Waals surface area (Å²) < 4.78 is 29.6. The molecule has 7 nitrogen and oxygen atoms in total. The number of sulfonamides is 1. The summed E-state index contributed by atoms with van der Waals surface area (Å²) in [5, 5.41) is 9.79. The van der Waals surface area contributed by atoms with Gasteiger partial charge < -0.3 is 9.84 Å². The van der Waals surface area contributed by atoms with Crippen molar-refractivity contribution in [3.63, 3.8) is 0 Å². The van der Waals surface area contributed by atoms with Gasteiger partial charge in [0.15, 0.2) is 0 Å². The van der Waals surface area contributed by atoms with E-state index in [2.05, 4.69) is 4.74 Å². The van der Waals surface area contributed by atoms with Gasteiger partial charge in [-0.3, -0.25) is 4.79 Å². The van der Waals surface area contributed by atoms with Crippen molar-refractivity contribution in [3.05, 3.63) is 16.3 Å². The Morgan fingerprint density at radius 1 is 1.53 bits per heavy atom. The summed E-state index contributed by atoms with van der Waals surface area (Å²) in [5.41, 5.74) is 0. The van der Waals surface area contributed by atoms with Crippen LogP contribution in [0.4, 0.5) is 0 Å². The van der Waals surface area contributed by atoms with Crippen molar-refractivity contribution in [2.24, 2.45) is 0 Å². The molecular formula is C8H9NO6S2. The van der Waals surface area contributed by atoms with Crippen LogP contribution in [0.5, 0.6) is 0 Å².